The van der Waals surface area contributed by atoms with Gasteiger partial charge in [0.15, 0.2) is 0 Å². The normalized spacial score (nSPS) is 13.7. The number of hydrogen-bond donors (Lipinski definition) is 0. The summed E-state index contributed by atoms with van der Waals surface area (Å²) in [6, 6.07) is 18.5. The van der Waals surface area contributed by atoms with Crippen LogP contribution in [0.1, 0.15) is 63.5 Å². The van der Waals surface area contributed by atoms with Crippen molar-refractivity contribution in [2.75, 3.05) is 0 Å². The van der Waals surface area contributed by atoms with Gasteiger partial charge in [-0.25, -0.2) is 0 Å². The van der Waals surface area contributed by atoms with E-state index in [1.54, 1.807) is 0 Å². The van der Waals surface area contributed by atoms with Gasteiger partial charge in [0.05, 0.1) is 0 Å². The first-order chi connectivity index (χ1) is 13.3. The van der Waals surface area contributed by atoms with E-state index in [0.29, 0.717) is 0 Å². The SMILES string of the molecule is CCC(C)C(C(=O)[O-])c1ccccc1.CCC(C)C(C(=O)[O-])c1ccccc1.O.[Mg+2]. The van der Waals surface area contributed by atoms with E-state index in [-0.39, 0.29) is 40.4 Å². The van der Waals surface area contributed by atoms with Gasteiger partial charge in [-0.05, 0) is 23.0 Å². The molecule has 0 spiro atoms. The van der Waals surface area contributed by atoms with Crippen LogP contribution in [0, 0.1) is 11.8 Å². The number of aliphatic carboxylic acids is 2. The number of carboxylic acids is 2. The first-order valence-corrected chi connectivity index (χ1v) is 9.84. The molecule has 2 aromatic rings. The van der Waals surface area contributed by atoms with Crippen LogP contribution in [0.5, 0.6) is 0 Å². The average molecular weight is 425 g/mol. The molecule has 5 nitrogen and oxygen atoms in total. The monoisotopic (exact) mass is 424 g/mol. The summed E-state index contributed by atoms with van der Waals surface area (Å²) in [5, 5.41) is 22.0. The molecule has 2 N–H and O–H groups in total. The molecule has 2 aromatic carbocycles. The van der Waals surface area contributed by atoms with Gasteiger partial charge < -0.3 is 25.3 Å². The summed E-state index contributed by atoms with van der Waals surface area (Å²) >= 11 is 0. The Labute approximate surface area is 196 Å². The zero-order chi connectivity index (χ0) is 21.1. The van der Waals surface area contributed by atoms with E-state index in [1.807, 2.05) is 88.4 Å². The van der Waals surface area contributed by atoms with E-state index in [1.165, 1.54) is 0 Å². The van der Waals surface area contributed by atoms with E-state index in [9.17, 15) is 19.8 Å². The molecule has 6 heteroatoms. The Kier molecular flexibility index (Phi) is 16.0. The fraction of sp³-hybridized carbons (Fsp3) is 0.417. The Morgan fingerprint density at radius 2 is 0.967 bits per heavy atom. The molecule has 0 aliphatic carbocycles. The summed E-state index contributed by atoms with van der Waals surface area (Å²) in [6.45, 7) is 7.86. The van der Waals surface area contributed by atoms with E-state index in [2.05, 4.69) is 0 Å². The molecule has 0 saturated carbocycles. The van der Waals surface area contributed by atoms with Crippen molar-refractivity contribution in [1.82, 2.24) is 0 Å². The minimum atomic E-state index is -0.981. The zero-order valence-electron chi connectivity index (χ0n) is 18.3. The number of carbonyl (C=O) groups is 2. The van der Waals surface area contributed by atoms with Gasteiger partial charge >= 0.3 is 23.1 Å². The predicted octanol–water partition coefficient (Wildman–Crippen LogP) is 1.93. The quantitative estimate of drug-likeness (QED) is 0.602. The van der Waals surface area contributed by atoms with Crippen LogP contribution in [0.4, 0.5) is 0 Å². The van der Waals surface area contributed by atoms with Crippen LogP contribution in [0.3, 0.4) is 0 Å². The van der Waals surface area contributed by atoms with Crippen LogP contribution >= 0.6 is 0 Å². The van der Waals surface area contributed by atoms with Crippen molar-refractivity contribution in [2.24, 2.45) is 11.8 Å². The molecule has 4 atom stereocenters. The van der Waals surface area contributed by atoms with Gasteiger partial charge in [0, 0.05) is 23.8 Å². The fourth-order valence-electron chi connectivity index (χ4n) is 3.19. The number of benzene rings is 2. The molecule has 30 heavy (non-hydrogen) atoms. The van der Waals surface area contributed by atoms with Crippen LogP contribution < -0.4 is 10.2 Å². The maximum absolute atomic E-state index is 11.0. The summed E-state index contributed by atoms with van der Waals surface area (Å²) in [4.78, 5) is 22.0. The standard InChI is InChI=1S/2C12H16O2.Mg.H2O/c2*1-3-9(2)11(12(13)14)10-7-5-4-6-8-10;;/h2*4-9,11H,3H2,1-2H3,(H,13,14);;1H2/q;;+2;/p-2. The largest absolute Gasteiger partial charge is 2.00 e. The number of hydrogen-bond acceptors (Lipinski definition) is 4. The molecule has 160 valence electrons. The second-order valence-corrected chi connectivity index (χ2v) is 7.19. The first kappa shape index (κ1) is 30.3. The van der Waals surface area contributed by atoms with Crippen molar-refractivity contribution in [2.45, 2.75) is 52.4 Å². The minimum Gasteiger partial charge on any atom is -0.549 e. The van der Waals surface area contributed by atoms with Gasteiger partial charge in [0.25, 0.3) is 0 Å². The number of rotatable bonds is 8. The van der Waals surface area contributed by atoms with Gasteiger partial charge in [0.1, 0.15) is 0 Å². The molecule has 0 aromatic heterocycles. The van der Waals surface area contributed by atoms with Gasteiger partial charge in [-0.3, -0.25) is 0 Å². The third kappa shape index (κ3) is 9.28. The second-order valence-electron chi connectivity index (χ2n) is 7.19. The summed E-state index contributed by atoms with van der Waals surface area (Å²) in [5.74, 6) is -2.71. The van der Waals surface area contributed by atoms with Crippen LogP contribution in [-0.4, -0.2) is 40.5 Å². The summed E-state index contributed by atoms with van der Waals surface area (Å²) in [6.07, 6.45) is 1.68. The van der Waals surface area contributed by atoms with Crippen molar-refractivity contribution in [3.63, 3.8) is 0 Å². The average Bonchev–Trinajstić information content (AvgIpc) is 2.69. The topological polar surface area (TPSA) is 112 Å². The Balaban J connectivity index is 0. The molecule has 4 unspecified atom stereocenters. The fourth-order valence-corrected chi connectivity index (χ4v) is 3.19. The molecule has 0 aliphatic heterocycles. The maximum atomic E-state index is 11.0. The molecule has 0 saturated heterocycles. The van der Waals surface area contributed by atoms with Gasteiger partial charge in [0.2, 0.25) is 0 Å². The zero-order valence-corrected chi connectivity index (χ0v) is 19.8. The summed E-state index contributed by atoms with van der Waals surface area (Å²) in [7, 11) is 0. The molecule has 0 fully saturated rings. The molecule has 0 heterocycles. The third-order valence-electron chi connectivity index (χ3n) is 5.25. The first-order valence-electron chi connectivity index (χ1n) is 9.84. The molecule has 0 aliphatic rings. The van der Waals surface area contributed by atoms with Crippen molar-refractivity contribution in [3.8, 4) is 0 Å². The number of carbonyl (C=O) groups excluding carboxylic acids is 2. The van der Waals surface area contributed by atoms with Gasteiger partial charge in [-0.1, -0.05) is 101 Å². The third-order valence-corrected chi connectivity index (χ3v) is 5.25. The van der Waals surface area contributed by atoms with Gasteiger partial charge in [-0.2, -0.15) is 0 Å². The smallest absolute Gasteiger partial charge is 0.549 e. The van der Waals surface area contributed by atoms with Crippen molar-refractivity contribution < 1.29 is 25.3 Å². The van der Waals surface area contributed by atoms with E-state index < -0.39 is 23.8 Å². The molecule has 2 rings (SSSR count). The van der Waals surface area contributed by atoms with Crippen molar-refractivity contribution >= 4 is 35.0 Å². The molecule has 0 bridgehead atoms. The van der Waals surface area contributed by atoms with E-state index in [4.69, 9.17) is 0 Å². The van der Waals surface area contributed by atoms with Crippen molar-refractivity contribution in [1.29, 1.82) is 0 Å². The second kappa shape index (κ2) is 15.9. The molecular formula is C24H32MgO5. The Hall–Kier alpha value is -1.89. The van der Waals surface area contributed by atoms with Crippen LogP contribution in [0.25, 0.3) is 0 Å². The maximum Gasteiger partial charge on any atom is 2.00 e. The summed E-state index contributed by atoms with van der Waals surface area (Å²) < 4.78 is 0. The van der Waals surface area contributed by atoms with E-state index in [0.717, 1.165) is 24.0 Å². The van der Waals surface area contributed by atoms with Gasteiger partial charge in [-0.15, -0.1) is 0 Å². The minimum absolute atomic E-state index is 0. The predicted molar refractivity (Wildman–Crippen MR) is 117 cm³/mol. The van der Waals surface area contributed by atoms with E-state index >= 15 is 0 Å². The number of carboxylic acid groups (broad SMARTS) is 2. The Morgan fingerprint density at radius 3 is 1.17 bits per heavy atom. The van der Waals surface area contributed by atoms with Crippen molar-refractivity contribution in [3.05, 3.63) is 71.8 Å². The van der Waals surface area contributed by atoms with Crippen LogP contribution in [0.15, 0.2) is 60.7 Å². The van der Waals surface area contributed by atoms with Crippen LogP contribution in [-0.2, 0) is 9.59 Å². The Morgan fingerprint density at radius 1 is 0.700 bits per heavy atom. The Bertz CT molecular complexity index is 657. The molecule has 0 radical (unpaired) electrons. The summed E-state index contributed by atoms with van der Waals surface area (Å²) in [5.41, 5.74) is 1.67. The van der Waals surface area contributed by atoms with Crippen LogP contribution in [0.2, 0.25) is 0 Å². The molecule has 0 amide bonds. The molecular weight excluding hydrogens is 393 g/mol.